The molecule has 88 valence electrons. The van der Waals surface area contributed by atoms with E-state index in [0.29, 0.717) is 11.7 Å². The number of aryl methyl sites for hydroxylation is 1. The summed E-state index contributed by atoms with van der Waals surface area (Å²) in [6.07, 6.45) is 0. The first-order valence-corrected chi connectivity index (χ1v) is 5.98. The zero-order valence-electron chi connectivity index (χ0n) is 10.6. The van der Waals surface area contributed by atoms with E-state index in [0.717, 1.165) is 11.1 Å². The van der Waals surface area contributed by atoms with Gasteiger partial charge in [0.15, 0.2) is 0 Å². The van der Waals surface area contributed by atoms with Gasteiger partial charge in [-0.25, -0.2) is 0 Å². The monoisotopic (exact) mass is 226 g/mol. The molecule has 0 fully saturated rings. The minimum absolute atomic E-state index is 0.354. The van der Waals surface area contributed by atoms with Crippen LogP contribution in [-0.2, 0) is 0 Å². The first-order chi connectivity index (χ1) is 8.08. The predicted molar refractivity (Wildman–Crippen MR) is 72.4 cm³/mol. The van der Waals surface area contributed by atoms with Crippen LogP contribution in [0.1, 0.15) is 30.9 Å². The van der Waals surface area contributed by atoms with Crippen molar-refractivity contribution < 1.29 is 5.11 Å². The van der Waals surface area contributed by atoms with Crippen molar-refractivity contribution in [2.45, 2.75) is 26.7 Å². The van der Waals surface area contributed by atoms with Crippen molar-refractivity contribution in [1.82, 2.24) is 0 Å². The summed E-state index contributed by atoms with van der Waals surface area (Å²) in [6.45, 7) is 6.31. The van der Waals surface area contributed by atoms with Gasteiger partial charge in [0.05, 0.1) is 0 Å². The van der Waals surface area contributed by atoms with E-state index < -0.39 is 0 Å². The van der Waals surface area contributed by atoms with E-state index >= 15 is 0 Å². The van der Waals surface area contributed by atoms with Crippen LogP contribution >= 0.6 is 0 Å². The first kappa shape index (κ1) is 11.7. The molecule has 0 aromatic heterocycles. The van der Waals surface area contributed by atoms with E-state index in [-0.39, 0.29) is 0 Å². The van der Waals surface area contributed by atoms with Crippen molar-refractivity contribution in [3.05, 3.63) is 53.6 Å². The lowest BCUT2D eigenvalue weighted by molar-refractivity contribution is 0.471. The molecule has 0 heterocycles. The molecule has 0 amide bonds. The van der Waals surface area contributed by atoms with E-state index in [9.17, 15) is 5.11 Å². The molecule has 1 nitrogen and oxygen atoms in total. The molecular formula is C16H18O. The van der Waals surface area contributed by atoms with E-state index in [2.05, 4.69) is 38.1 Å². The molecule has 2 aromatic carbocycles. The number of phenols is 1. The van der Waals surface area contributed by atoms with Gasteiger partial charge in [0.2, 0.25) is 0 Å². The molecule has 0 aliphatic heterocycles. The molecule has 1 heteroatoms. The Morgan fingerprint density at radius 3 is 2.00 bits per heavy atom. The fourth-order valence-corrected chi connectivity index (χ4v) is 1.90. The second-order valence-corrected chi connectivity index (χ2v) is 4.78. The van der Waals surface area contributed by atoms with Crippen LogP contribution in [0.2, 0.25) is 0 Å². The van der Waals surface area contributed by atoms with Crippen LogP contribution in [-0.4, -0.2) is 5.11 Å². The van der Waals surface area contributed by atoms with Crippen LogP contribution < -0.4 is 0 Å². The first-order valence-electron chi connectivity index (χ1n) is 5.98. The molecule has 1 N–H and O–H groups in total. The maximum atomic E-state index is 9.51. The maximum Gasteiger partial charge on any atom is 0.118 e. The highest BCUT2D eigenvalue weighted by atomic mass is 16.3. The van der Waals surface area contributed by atoms with Crippen molar-refractivity contribution in [2.75, 3.05) is 0 Å². The normalized spacial score (nSPS) is 10.8. The Morgan fingerprint density at radius 1 is 0.882 bits per heavy atom. The fourth-order valence-electron chi connectivity index (χ4n) is 1.90. The Morgan fingerprint density at radius 2 is 1.47 bits per heavy atom. The average molecular weight is 226 g/mol. The molecule has 2 rings (SSSR count). The van der Waals surface area contributed by atoms with Gasteiger partial charge in [-0.2, -0.15) is 0 Å². The zero-order chi connectivity index (χ0) is 12.4. The molecule has 0 atom stereocenters. The minimum atomic E-state index is 0.354. The highest BCUT2D eigenvalue weighted by Gasteiger charge is 2.02. The number of aromatic hydroxyl groups is 1. The summed E-state index contributed by atoms with van der Waals surface area (Å²) in [5.41, 5.74) is 4.60. The van der Waals surface area contributed by atoms with Crippen molar-refractivity contribution >= 4 is 0 Å². The van der Waals surface area contributed by atoms with Crippen molar-refractivity contribution in [1.29, 1.82) is 0 Å². The van der Waals surface area contributed by atoms with Crippen molar-refractivity contribution in [2.24, 2.45) is 0 Å². The SMILES string of the molecule is Cc1cc(-c2ccc(C(C)C)cc2)ccc1O. The minimum Gasteiger partial charge on any atom is -0.508 e. The zero-order valence-corrected chi connectivity index (χ0v) is 10.6. The Kier molecular flexibility index (Phi) is 3.19. The molecule has 0 saturated heterocycles. The topological polar surface area (TPSA) is 20.2 Å². The summed E-state index contributed by atoms with van der Waals surface area (Å²) < 4.78 is 0. The number of hydrogen-bond donors (Lipinski definition) is 1. The quantitative estimate of drug-likeness (QED) is 0.799. The van der Waals surface area contributed by atoms with E-state index in [1.54, 1.807) is 6.07 Å². The second kappa shape index (κ2) is 4.62. The molecule has 2 aromatic rings. The summed E-state index contributed by atoms with van der Waals surface area (Å²) in [6, 6.07) is 14.3. The van der Waals surface area contributed by atoms with E-state index in [1.807, 2.05) is 19.1 Å². The van der Waals surface area contributed by atoms with Gasteiger partial charge in [-0.1, -0.05) is 44.2 Å². The lowest BCUT2D eigenvalue weighted by atomic mass is 9.98. The molecule has 0 radical (unpaired) electrons. The standard InChI is InChI=1S/C16H18O/c1-11(2)13-4-6-14(7-5-13)15-8-9-16(17)12(3)10-15/h4-11,17H,1-3H3. The van der Waals surface area contributed by atoms with Crippen LogP contribution in [0.25, 0.3) is 11.1 Å². The third kappa shape index (κ3) is 2.50. The van der Waals surface area contributed by atoms with E-state index in [4.69, 9.17) is 0 Å². The van der Waals surface area contributed by atoms with Gasteiger partial charge < -0.3 is 5.11 Å². The van der Waals surface area contributed by atoms with Crippen LogP contribution in [0.3, 0.4) is 0 Å². The second-order valence-electron chi connectivity index (χ2n) is 4.78. The van der Waals surface area contributed by atoms with Crippen LogP contribution in [0, 0.1) is 6.92 Å². The molecule has 17 heavy (non-hydrogen) atoms. The molecule has 0 saturated carbocycles. The smallest absolute Gasteiger partial charge is 0.118 e. The predicted octanol–water partition coefficient (Wildman–Crippen LogP) is 4.49. The summed E-state index contributed by atoms with van der Waals surface area (Å²) in [4.78, 5) is 0. The van der Waals surface area contributed by atoms with Gasteiger partial charge in [0.25, 0.3) is 0 Å². The number of phenolic OH excluding ortho intramolecular Hbond substituents is 1. The van der Waals surface area contributed by atoms with Crippen molar-refractivity contribution in [3.8, 4) is 16.9 Å². The Labute approximate surface area is 103 Å². The largest absolute Gasteiger partial charge is 0.508 e. The summed E-state index contributed by atoms with van der Waals surface area (Å²) in [5, 5.41) is 9.51. The van der Waals surface area contributed by atoms with Gasteiger partial charge in [-0.15, -0.1) is 0 Å². The summed E-state index contributed by atoms with van der Waals surface area (Å²) in [7, 11) is 0. The number of rotatable bonds is 2. The molecule has 0 aliphatic rings. The highest BCUT2D eigenvalue weighted by molar-refractivity contribution is 5.65. The van der Waals surface area contributed by atoms with Gasteiger partial charge in [-0.3, -0.25) is 0 Å². The number of benzene rings is 2. The molecule has 0 spiro atoms. The molecular weight excluding hydrogens is 208 g/mol. The van der Waals surface area contributed by atoms with Crippen molar-refractivity contribution in [3.63, 3.8) is 0 Å². The average Bonchev–Trinajstić information content (AvgIpc) is 2.33. The van der Waals surface area contributed by atoms with Gasteiger partial charge >= 0.3 is 0 Å². The molecule has 0 aliphatic carbocycles. The maximum absolute atomic E-state index is 9.51. The lowest BCUT2D eigenvalue weighted by Gasteiger charge is -2.08. The third-order valence-corrected chi connectivity index (χ3v) is 3.11. The molecule has 0 unspecified atom stereocenters. The van der Waals surface area contributed by atoms with Crippen LogP contribution in [0.4, 0.5) is 0 Å². The summed E-state index contributed by atoms with van der Waals surface area (Å²) >= 11 is 0. The van der Waals surface area contributed by atoms with Crippen LogP contribution in [0.15, 0.2) is 42.5 Å². The highest BCUT2D eigenvalue weighted by Crippen LogP contribution is 2.26. The van der Waals surface area contributed by atoms with Gasteiger partial charge in [0, 0.05) is 0 Å². The number of hydrogen-bond acceptors (Lipinski definition) is 1. The Hall–Kier alpha value is -1.76. The Balaban J connectivity index is 2.36. The van der Waals surface area contributed by atoms with Gasteiger partial charge in [-0.05, 0) is 47.2 Å². The molecule has 0 bridgehead atoms. The fraction of sp³-hybridized carbons (Fsp3) is 0.250. The third-order valence-electron chi connectivity index (χ3n) is 3.11. The Bertz CT molecular complexity index is 510. The lowest BCUT2D eigenvalue weighted by Crippen LogP contribution is -1.87. The summed E-state index contributed by atoms with van der Waals surface area (Å²) in [5.74, 6) is 0.915. The van der Waals surface area contributed by atoms with Crippen LogP contribution in [0.5, 0.6) is 5.75 Å². The van der Waals surface area contributed by atoms with E-state index in [1.165, 1.54) is 11.1 Å². The van der Waals surface area contributed by atoms with Gasteiger partial charge in [0.1, 0.15) is 5.75 Å².